The number of rotatable bonds is 3. The second-order valence-electron chi connectivity index (χ2n) is 4.53. The van der Waals surface area contributed by atoms with Crippen molar-refractivity contribution in [2.24, 2.45) is 0 Å². The van der Waals surface area contributed by atoms with Crippen LogP contribution in [0.1, 0.15) is 35.8 Å². The Morgan fingerprint density at radius 1 is 1.29 bits per heavy atom. The largest absolute Gasteiger partial charge is 0.359 e. The first-order valence-corrected chi connectivity index (χ1v) is 6.14. The van der Waals surface area contributed by atoms with Gasteiger partial charge in [0.05, 0.1) is 12.2 Å². The molecule has 3 nitrogen and oxygen atoms in total. The van der Waals surface area contributed by atoms with E-state index in [0.29, 0.717) is 6.04 Å². The van der Waals surface area contributed by atoms with Gasteiger partial charge in [0, 0.05) is 12.0 Å². The van der Waals surface area contributed by atoms with Gasteiger partial charge in [-0.3, -0.25) is 0 Å². The van der Waals surface area contributed by atoms with Crippen LogP contribution in [0.5, 0.6) is 0 Å². The maximum atomic E-state index is 5.41. The summed E-state index contributed by atoms with van der Waals surface area (Å²) < 4.78 is 5.41. The number of hydrogen-bond acceptors (Lipinski definition) is 3. The summed E-state index contributed by atoms with van der Waals surface area (Å²) in [5, 5.41) is 7.40. The summed E-state index contributed by atoms with van der Waals surface area (Å²) in [6.45, 7) is 1.08. The van der Waals surface area contributed by atoms with Crippen LogP contribution in [0.3, 0.4) is 0 Å². The summed E-state index contributed by atoms with van der Waals surface area (Å²) in [6.07, 6.45) is 5.12. The Balaban J connectivity index is 1.81. The molecule has 1 saturated heterocycles. The van der Waals surface area contributed by atoms with Crippen molar-refractivity contribution in [3.8, 4) is 0 Å². The lowest BCUT2D eigenvalue weighted by Crippen LogP contribution is -2.13. The van der Waals surface area contributed by atoms with E-state index in [0.717, 1.165) is 25.1 Å². The maximum Gasteiger partial charge on any atom is 0.157 e. The van der Waals surface area contributed by atoms with Crippen LogP contribution in [-0.2, 0) is 6.42 Å². The monoisotopic (exact) mass is 228 g/mol. The van der Waals surface area contributed by atoms with Gasteiger partial charge in [0.2, 0.25) is 0 Å². The fourth-order valence-corrected chi connectivity index (χ4v) is 2.41. The van der Waals surface area contributed by atoms with Crippen LogP contribution in [-0.4, -0.2) is 11.7 Å². The highest BCUT2D eigenvalue weighted by Crippen LogP contribution is 2.27. The van der Waals surface area contributed by atoms with Crippen LogP contribution in [0.2, 0.25) is 0 Å². The smallest absolute Gasteiger partial charge is 0.157 e. The average Bonchev–Trinajstić information content (AvgIpc) is 3.00. The lowest BCUT2D eigenvalue weighted by Gasteiger charge is -2.08. The van der Waals surface area contributed by atoms with Gasteiger partial charge in [0.1, 0.15) is 0 Å². The predicted molar refractivity (Wildman–Crippen MR) is 65.7 cm³/mol. The highest BCUT2D eigenvalue weighted by atomic mass is 16.5. The van der Waals surface area contributed by atoms with Gasteiger partial charge >= 0.3 is 0 Å². The van der Waals surface area contributed by atoms with Crippen LogP contribution < -0.4 is 5.32 Å². The number of aromatic nitrogens is 1. The Kier molecular flexibility index (Phi) is 2.92. The Labute approximate surface area is 101 Å². The summed E-state index contributed by atoms with van der Waals surface area (Å²) in [7, 11) is 0. The van der Waals surface area contributed by atoms with E-state index < -0.39 is 0 Å². The zero-order chi connectivity index (χ0) is 11.5. The molecule has 1 fully saturated rings. The molecule has 0 amide bonds. The van der Waals surface area contributed by atoms with Crippen molar-refractivity contribution in [2.45, 2.75) is 25.3 Å². The third-order valence-corrected chi connectivity index (χ3v) is 3.29. The van der Waals surface area contributed by atoms with E-state index in [9.17, 15) is 0 Å². The Morgan fingerprint density at radius 3 is 2.94 bits per heavy atom. The number of nitrogens with zero attached hydrogens (tertiary/aromatic N) is 1. The highest BCUT2D eigenvalue weighted by molar-refractivity contribution is 5.27. The number of nitrogens with one attached hydrogen (secondary N) is 1. The van der Waals surface area contributed by atoms with Gasteiger partial charge in [-0.15, -0.1) is 0 Å². The molecule has 1 aromatic heterocycles. The summed E-state index contributed by atoms with van der Waals surface area (Å²) >= 11 is 0. The fourth-order valence-electron chi connectivity index (χ4n) is 2.41. The van der Waals surface area contributed by atoms with E-state index in [1.165, 1.54) is 17.5 Å². The highest BCUT2D eigenvalue weighted by Gasteiger charge is 2.23. The molecule has 0 radical (unpaired) electrons. The molecule has 1 unspecified atom stereocenters. The third-order valence-electron chi connectivity index (χ3n) is 3.29. The first-order chi connectivity index (χ1) is 8.43. The molecule has 3 heteroatoms. The molecule has 1 atom stereocenters. The molecule has 0 bridgehead atoms. The molecule has 88 valence electrons. The zero-order valence-electron chi connectivity index (χ0n) is 9.73. The van der Waals surface area contributed by atoms with Crippen LogP contribution in [0, 0.1) is 0 Å². The zero-order valence-corrected chi connectivity index (χ0v) is 9.73. The van der Waals surface area contributed by atoms with E-state index in [-0.39, 0.29) is 0 Å². The Bertz CT molecular complexity index is 472. The first-order valence-electron chi connectivity index (χ1n) is 6.14. The van der Waals surface area contributed by atoms with Crippen molar-refractivity contribution in [2.75, 3.05) is 6.54 Å². The second kappa shape index (κ2) is 4.72. The summed E-state index contributed by atoms with van der Waals surface area (Å²) in [5.74, 6) is 1.02. The lowest BCUT2D eigenvalue weighted by atomic mass is 10.0. The number of hydrogen-bond donors (Lipinski definition) is 1. The molecular formula is C14H16N2O. The van der Waals surface area contributed by atoms with Gasteiger partial charge in [0.25, 0.3) is 0 Å². The van der Waals surface area contributed by atoms with Gasteiger partial charge in [-0.25, -0.2) is 0 Å². The van der Waals surface area contributed by atoms with Gasteiger partial charge < -0.3 is 9.84 Å². The molecule has 1 aromatic carbocycles. The standard InChI is InChI=1S/C14H16N2O/c1-2-5-11(6-3-1)9-12-10-16-17-14(12)13-7-4-8-15-13/h1-3,5-6,10,13,15H,4,7-9H2. The van der Waals surface area contributed by atoms with Crippen LogP contribution in [0.15, 0.2) is 41.1 Å². The van der Waals surface area contributed by atoms with Crippen molar-refractivity contribution in [1.29, 1.82) is 0 Å². The van der Waals surface area contributed by atoms with Crippen LogP contribution in [0.4, 0.5) is 0 Å². The van der Waals surface area contributed by atoms with Crippen LogP contribution in [0.25, 0.3) is 0 Å². The molecule has 0 spiro atoms. The van der Waals surface area contributed by atoms with Gasteiger partial charge in [0.15, 0.2) is 5.76 Å². The van der Waals surface area contributed by atoms with E-state index >= 15 is 0 Å². The molecule has 0 aliphatic carbocycles. The minimum absolute atomic E-state index is 0.358. The molecule has 1 aliphatic heterocycles. The van der Waals surface area contributed by atoms with E-state index in [4.69, 9.17) is 4.52 Å². The van der Waals surface area contributed by atoms with Crippen molar-refractivity contribution in [1.82, 2.24) is 10.5 Å². The maximum absolute atomic E-state index is 5.41. The SMILES string of the molecule is c1ccc(Cc2cnoc2C2CCCN2)cc1. The Hall–Kier alpha value is -1.61. The lowest BCUT2D eigenvalue weighted by molar-refractivity contribution is 0.350. The Morgan fingerprint density at radius 2 is 2.18 bits per heavy atom. The van der Waals surface area contributed by atoms with E-state index in [1.54, 1.807) is 0 Å². The third kappa shape index (κ3) is 2.24. The van der Waals surface area contributed by atoms with E-state index in [2.05, 4.69) is 34.7 Å². The second-order valence-corrected chi connectivity index (χ2v) is 4.53. The first kappa shape index (κ1) is 10.5. The summed E-state index contributed by atoms with van der Waals surface area (Å²) in [5.41, 5.74) is 2.51. The van der Waals surface area contributed by atoms with Crippen molar-refractivity contribution in [3.63, 3.8) is 0 Å². The molecule has 2 aromatic rings. The van der Waals surface area contributed by atoms with Crippen molar-refractivity contribution in [3.05, 3.63) is 53.4 Å². The molecule has 3 rings (SSSR count). The molecule has 2 heterocycles. The quantitative estimate of drug-likeness (QED) is 0.877. The topological polar surface area (TPSA) is 38.1 Å². The summed E-state index contributed by atoms with van der Waals surface area (Å²) in [6, 6.07) is 10.8. The van der Waals surface area contributed by atoms with Gasteiger partial charge in [-0.1, -0.05) is 35.5 Å². The normalized spacial score (nSPS) is 19.6. The predicted octanol–water partition coefficient (Wildman–Crippen LogP) is 2.69. The fraction of sp³-hybridized carbons (Fsp3) is 0.357. The van der Waals surface area contributed by atoms with E-state index in [1.807, 2.05) is 12.3 Å². The summed E-state index contributed by atoms with van der Waals surface area (Å²) in [4.78, 5) is 0. The van der Waals surface area contributed by atoms with Gasteiger partial charge in [-0.05, 0) is 24.9 Å². The molecule has 17 heavy (non-hydrogen) atoms. The molecular weight excluding hydrogens is 212 g/mol. The molecule has 0 saturated carbocycles. The van der Waals surface area contributed by atoms with Crippen molar-refractivity contribution >= 4 is 0 Å². The molecule has 1 N–H and O–H groups in total. The minimum Gasteiger partial charge on any atom is -0.359 e. The van der Waals surface area contributed by atoms with Gasteiger partial charge in [-0.2, -0.15) is 0 Å². The number of benzene rings is 1. The molecule has 1 aliphatic rings. The average molecular weight is 228 g/mol. The van der Waals surface area contributed by atoms with Crippen molar-refractivity contribution < 1.29 is 4.52 Å². The van der Waals surface area contributed by atoms with Crippen LogP contribution >= 0.6 is 0 Å². The minimum atomic E-state index is 0.358.